The maximum atomic E-state index is 12.7. The van der Waals surface area contributed by atoms with Crippen LogP contribution in [0.2, 0.25) is 0 Å². The number of para-hydroxylation sites is 2. The number of nitrogens with one attached hydrogen (secondary N) is 2. The first-order valence-corrected chi connectivity index (χ1v) is 9.51. The molecule has 0 saturated carbocycles. The summed E-state index contributed by atoms with van der Waals surface area (Å²) in [5.74, 6) is -0.464. The lowest BCUT2D eigenvalue weighted by molar-refractivity contribution is 0.102. The Hall–Kier alpha value is -3.40. The molecular weight excluding hydrogens is 348 g/mol. The zero-order valence-electron chi connectivity index (χ0n) is 16.2. The average Bonchev–Trinajstić information content (AvgIpc) is 2.74. The molecule has 3 rings (SSSR count). The third kappa shape index (κ3) is 4.46. The highest BCUT2D eigenvalue weighted by atomic mass is 16.2. The number of hydrogen-bond acceptors (Lipinski definition) is 2. The van der Waals surface area contributed by atoms with E-state index in [-0.39, 0.29) is 11.8 Å². The van der Waals surface area contributed by atoms with E-state index in [2.05, 4.69) is 10.6 Å². The van der Waals surface area contributed by atoms with Gasteiger partial charge in [0, 0.05) is 22.5 Å². The first-order valence-electron chi connectivity index (χ1n) is 9.51. The van der Waals surface area contributed by atoms with E-state index in [0.29, 0.717) is 11.1 Å². The molecule has 3 aromatic carbocycles. The predicted octanol–water partition coefficient (Wildman–Crippen LogP) is 5.32. The van der Waals surface area contributed by atoms with E-state index in [9.17, 15) is 9.59 Å². The number of aryl methyl sites for hydroxylation is 2. The van der Waals surface area contributed by atoms with Crippen molar-refractivity contribution in [1.29, 1.82) is 0 Å². The minimum atomic E-state index is -0.232. The Morgan fingerprint density at radius 2 is 1.07 bits per heavy atom. The summed E-state index contributed by atoms with van der Waals surface area (Å²) in [6.07, 6.45) is 1.66. The summed E-state index contributed by atoms with van der Waals surface area (Å²) in [6.45, 7) is 4.09. The standard InChI is InChI=1S/C24H24N2O2/c1-3-17-10-5-7-14-21(17)25-23(27)19-12-9-13-20(16-19)24(28)26-22-15-8-6-11-18(22)4-2/h5-16H,3-4H2,1-2H3,(H,25,27)(H,26,28). The Bertz CT molecular complexity index is 918. The van der Waals surface area contributed by atoms with Crippen molar-refractivity contribution in [2.45, 2.75) is 26.7 Å². The van der Waals surface area contributed by atoms with Crippen molar-refractivity contribution in [3.8, 4) is 0 Å². The molecule has 0 heterocycles. The second kappa shape index (κ2) is 9.00. The summed E-state index contributed by atoms with van der Waals surface area (Å²) in [5.41, 5.74) is 4.62. The van der Waals surface area contributed by atoms with E-state index in [0.717, 1.165) is 35.3 Å². The summed E-state index contributed by atoms with van der Waals surface area (Å²) in [7, 11) is 0. The Morgan fingerprint density at radius 3 is 1.50 bits per heavy atom. The van der Waals surface area contributed by atoms with Crippen molar-refractivity contribution in [3.05, 3.63) is 95.1 Å². The zero-order chi connectivity index (χ0) is 19.9. The van der Waals surface area contributed by atoms with Crippen LogP contribution in [0.4, 0.5) is 11.4 Å². The molecule has 0 atom stereocenters. The molecule has 28 heavy (non-hydrogen) atoms. The van der Waals surface area contributed by atoms with Gasteiger partial charge in [-0.25, -0.2) is 0 Å². The van der Waals surface area contributed by atoms with E-state index in [1.54, 1.807) is 24.3 Å². The van der Waals surface area contributed by atoms with Gasteiger partial charge >= 0.3 is 0 Å². The van der Waals surface area contributed by atoms with Crippen LogP contribution in [0.15, 0.2) is 72.8 Å². The second-order valence-corrected chi connectivity index (χ2v) is 6.51. The minimum absolute atomic E-state index is 0.232. The van der Waals surface area contributed by atoms with Crippen molar-refractivity contribution >= 4 is 23.2 Å². The van der Waals surface area contributed by atoms with Crippen LogP contribution in [0.1, 0.15) is 45.7 Å². The predicted molar refractivity (Wildman–Crippen MR) is 114 cm³/mol. The molecule has 0 spiro atoms. The van der Waals surface area contributed by atoms with Gasteiger partial charge in [-0.1, -0.05) is 56.3 Å². The lowest BCUT2D eigenvalue weighted by Gasteiger charge is -2.12. The smallest absolute Gasteiger partial charge is 0.255 e. The van der Waals surface area contributed by atoms with Crippen molar-refractivity contribution in [1.82, 2.24) is 0 Å². The van der Waals surface area contributed by atoms with Crippen LogP contribution in [0.25, 0.3) is 0 Å². The van der Waals surface area contributed by atoms with Crippen LogP contribution in [0.3, 0.4) is 0 Å². The second-order valence-electron chi connectivity index (χ2n) is 6.51. The molecule has 4 heteroatoms. The highest BCUT2D eigenvalue weighted by molar-refractivity contribution is 6.09. The van der Waals surface area contributed by atoms with E-state index in [4.69, 9.17) is 0 Å². The number of amides is 2. The van der Waals surface area contributed by atoms with Crippen molar-refractivity contribution in [3.63, 3.8) is 0 Å². The summed E-state index contributed by atoms with van der Waals surface area (Å²) >= 11 is 0. The van der Waals surface area contributed by atoms with E-state index in [1.165, 1.54) is 0 Å². The molecule has 0 aliphatic rings. The Kier molecular flexibility index (Phi) is 6.22. The van der Waals surface area contributed by atoms with Gasteiger partial charge in [-0.3, -0.25) is 9.59 Å². The van der Waals surface area contributed by atoms with Crippen molar-refractivity contribution in [2.24, 2.45) is 0 Å². The molecule has 2 amide bonds. The average molecular weight is 372 g/mol. The van der Waals surface area contributed by atoms with Gasteiger partial charge in [-0.05, 0) is 54.3 Å². The molecule has 0 aliphatic heterocycles. The largest absolute Gasteiger partial charge is 0.322 e. The Labute approximate surface area is 165 Å². The number of rotatable bonds is 6. The summed E-state index contributed by atoms with van der Waals surface area (Å²) < 4.78 is 0. The van der Waals surface area contributed by atoms with Crippen molar-refractivity contribution in [2.75, 3.05) is 10.6 Å². The van der Waals surface area contributed by atoms with Crippen LogP contribution in [0.5, 0.6) is 0 Å². The van der Waals surface area contributed by atoms with Crippen LogP contribution < -0.4 is 10.6 Å². The first kappa shape index (κ1) is 19.4. The molecule has 0 radical (unpaired) electrons. The van der Waals surface area contributed by atoms with Gasteiger partial charge < -0.3 is 10.6 Å². The monoisotopic (exact) mass is 372 g/mol. The molecule has 0 aliphatic carbocycles. The fraction of sp³-hybridized carbons (Fsp3) is 0.167. The molecule has 2 N–H and O–H groups in total. The van der Waals surface area contributed by atoms with Gasteiger partial charge in [-0.2, -0.15) is 0 Å². The van der Waals surface area contributed by atoms with Gasteiger partial charge in [0.2, 0.25) is 0 Å². The Morgan fingerprint density at radius 1 is 0.643 bits per heavy atom. The summed E-state index contributed by atoms with van der Waals surface area (Å²) in [5, 5.41) is 5.88. The topological polar surface area (TPSA) is 58.2 Å². The number of anilines is 2. The minimum Gasteiger partial charge on any atom is -0.322 e. The van der Waals surface area contributed by atoms with E-state index < -0.39 is 0 Å². The number of carbonyl (C=O) groups is 2. The zero-order valence-corrected chi connectivity index (χ0v) is 16.2. The maximum absolute atomic E-state index is 12.7. The van der Waals surface area contributed by atoms with Gasteiger partial charge in [0.05, 0.1) is 0 Å². The van der Waals surface area contributed by atoms with Gasteiger partial charge in [0.25, 0.3) is 11.8 Å². The highest BCUT2D eigenvalue weighted by Crippen LogP contribution is 2.19. The molecule has 0 unspecified atom stereocenters. The van der Waals surface area contributed by atoms with Gasteiger partial charge in [-0.15, -0.1) is 0 Å². The summed E-state index contributed by atoms with van der Waals surface area (Å²) in [6, 6.07) is 22.2. The number of carbonyl (C=O) groups excluding carboxylic acids is 2. The van der Waals surface area contributed by atoms with Crippen LogP contribution >= 0.6 is 0 Å². The third-order valence-corrected chi connectivity index (χ3v) is 4.68. The maximum Gasteiger partial charge on any atom is 0.255 e. The SMILES string of the molecule is CCc1ccccc1NC(=O)c1cccc(C(=O)Nc2ccccc2CC)c1. The first-order chi connectivity index (χ1) is 13.6. The lowest BCUT2D eigenvalue weighted by atomic mass is 10.1. The molecule has 3 aromatic rings. The molecule has 0 saturated heterocycles. The lowest BCUT2D eigenvalue weighted by Crippen LogP contribution is -2.16. The van der Waals surface area contributed by atoms with Crippen LogP contribution in [0, 0.1) is 0 Å². The summed E-state index contributed by atoms with van der Waals surface area (Å²) in [4.78, 5) is 25.3. The molecule has 0 aromatic heterocycles. The molecule has 4 nitrogen and oxygen atoms in total. The highest BCUT2D eigenvalue weighted by Gasteiger charge is 2.13. The normalized spacial score (nSPS) is 10.4. The molecule has 0 bridgehead atoms. The molecular formula is C24H24N2O2. The van der Waals surface area contributed by atoms with Gasteiger partial charge in [0.1, 0.15) is 0 Å². The molecule has 0 fully saturated rings. The van der Waals surface area contributed by atoms with Crippen LogP contribution in [-0.2, 0) is 12.8 Å². The number of benzene rings is 3. The Balaban J connectivity index is 1.78. The van der Waals surface area contributed by atoms with E-state index in [1.807, 2.05) is 62.4 Å². The van der Waals surface area contributed by atoms with Crippen molar-refractivity contribution < 1.29 is 9.59 Å². The van der Waals surface area contributed by atoms with E-state index >= 15 is 0 Å². The fourth-order valence-corrected chi connectivity index (χ4v) is 3.09. The van der Waals surface area contributed by atoms with Gasteiger partial charge in [0.15, 0.2) is 0 Å². The quantitative estimate of drug-likeness (QED) is 0.615. The van der Waals surface area contributed by atoms with Crippen LogP contribution in [-0.4, -0.2) is 11.8 Å². The number of hydrogen-bond donors (Lipinski definition) is 2. The third-order valence-electron chi connectivity index (χ3n) is 4.68. The molecule has 142 valence electrons. The fourth-order valence-electron chi connectivity index (χ4n) is 3.09.